The third-order valence-electron chi connectivity index (χ3n) is 1.71. The van der Waals surface area contributed by atoms with Gasteiger partial charge < -0.3 is 4.74 Å². The van der Waals surface area contributed by atoms with E-state index in [1.165, 1.54) is 0 Å². The molecule has 0 amide bonds. The average molecular weight is 138 g/mol. The van der Waals surface area contributed by atoms with Crippen molar-refractivity contribution in [3.05, 3.63) is 0 Å². The predicted molar refractivity (Wildman–Crippen MR) is 37.1 cm³/mol. The molecule has 0 heterocycles. The Morgan fingerprint density at radius 2 is 2.50 bits per heavy atom. The summed E-state index contributed by atoms with van der Waals surface area (Å²) in [6.07, 6.45) is 5.87. The lowest BCUT2D eigenvalue weighted by atomic mass is 10.3. The summed E-state index contributed by atoms with van der Waals surface area (Å²) >= 11 is 0. The molecule has 0 spiro atoms. The molecular formula is C8H10O2. The lowest BCUT2D eigenvalue weighted by Crippen LogP contribution is -2.07. The van der Waals surface area contributed by atoms with Crippen molar-refractivity contribution in [2.75, 3.05) is 6.61 Å². The van der Waals surface area contributed by atoms with Gasteiger partial charge in [0.1, 0.15) is 0 Å². The van der Waals surface area contributed by atoms with E-state index in [4.69, 9.17) is 11.2 Å². The second-order valence-electron chi connectivity index (χ2n) is 2.63. The normalized spacial score (nSPS) is 28.8. The van der Waals surface area contributed by atoms with Gasteiger partial charge in [0.2, 0.25) is 0 Å². The van der Waals surface area contributed by atoms with Crippen LogP contribution in [0.3, 0.4) is 0 Å². The Bertz CT molecular complexity index is 178. The van der Waals surface area contributed by atoms with E-state index in [0.717, 1.165) is 6.42 Å². The van der Waals surface area contributed by atoms with Gasteiger partial charge in [0.25, 0.3) is 0 Å². The highest BCUT2D eigenvalue weighted by Gasteiger charge is 2.40. The Balaban J connectivity index is 2.18. The van der Waals surface area contributed by atoms with Gasteiger partial charge in [0.05, 0.1) is 5.92 Å². The highest BCUT2D eigenvalue weighted by Crippen LogP contribution is 2.38. The average Bonchev–Trinajstić information content (AvgIpc) is 2.62. The number of terminal acetylenes is 1. The van der Waals surface area contributed by atoms with Crippen molar-refractivity contribution >= 4 is 5.97 Å². The van der Waals surface area contributed by atoms with Gasteiger partial charge in [-0.15, -0.1) is 6.42 Å². The third kappa shape index (κ3) is 1.51. The molecule has 10 heavy (non-hydrogen) atoms. The topological polar surface area (TPSA) is 26.3 Å². The summed E-state index contributed by atoms with van der Waals surface area (Å²) in [7, 11) is 0. The van der Waals surface area contributed by atoms with E-state index in [1.54, 1.807) is 0 Å². The van der Waals surface area contributed by atoms with Crippen molar-refractivity contribution in [1.29, 1.82) is 0 Å². The van der Waals surface area contributed by atoms with E-state index in [-0.39, 0.29) is 18.5 Å². The van der Waals surface area contributed by atoms with Gasteiger partial charge in [-0.05, 0) is 12.3 Å². The van der Waals surface area contributed by atoms with Crippen LogP contribution in [0.5, 0.6) is 0 Å². The highest BCUT2D eigenvalue weighted by molar-refractivity contribution is 5.75. The molecule has 0 aromatic rings. The summed E-state index contributed by atoms with van der Waals surface area (Å²) < 4.78 is 4.71. The van der Waals surface area contributed by atoms with Crippen molar-refractivity contribution in [2.45, 2.75) is 13.3 Å². The van der Waals surface area contributed by atoms with Crippen molar-refractivity contribution in [2.24, 2.45) is 11.8 Å². The molecule has 1 rings (SSSR count). The summed E-state index contributed by atoms with van der Waals surface area (Å²) in [5.41, 5.74) is 0. The maximum atomic E-state index is 10.9. The number of carbonyl (C=O) groups excluding carboxylic acids is 1. The maximum absolute atomic E-state index is 10.9. The number of ether oxygens (including phenoxy) is 1. The van der Waals surface area contributed by atoms with Gasteiger partial charge in [-0.25, -0.2) is 0 Å². The number of hydrogen-bond donors (Lipinski definition) is 0. The molecule has 2 atom stereocenters. The molecule has 0 aliphatic heterocycles. The molecule has 2 nitrogen and oxygen atoms in total. The second kappa shape index (κ2) is 2.74. The molecule has 54 valence electrons. The van der Waals surface area contributed by atoms with Crippen LogP contribution >= 0.6 is 0 Å². The summed E-state index contributed by atoms with van der Waals surface area (Å²) in [6, 6.07) is 0. The van der Waals surface area contributed by atoms with Crippen LogP contribution in [0.15, 0.2) is 0 Å². The van der Waals surface area contributed by atoms with Crippen molar-refractivity contribution in [1.82, 2.24) is 0 Å². The molecule has 0 radical (unpaired) electrons. The number of esters is 1. The number of rotatable bonds is 2. The summed E-state index contributed by atoms with van der Waals surface area (Å²) in [4.78, 5) is 10.9. The largest absolute Gasteiger partial charge is 0.452 e. The smallest absolute Gasteiger partial charge is 0.310 e. The van der Waals surface area contributed by atoms with Gasteiger partial charge in [-0.2, -0.15) is 0 Å². The van der Waals surface area contributed by atoms with Crippen molar-refractivity contribution in [3.63, 3.8) is 0 Å². The first kappa shape index (κ1) is 7.14. The lowest BCUT2D eigenvalue weighted by molar-refractivity contribution is -0.144. The summed E-state index contributed by atoms with van der Waals surface area (Å²) in [6.45, 7) is 2.14. The van der Waals surface area contributed by atoms with Crippen LogP contribution in [0.1, 0.15) is 13.3 Å². The molecule has 0 N–H and O–H groups in total. The quantitative estimate of drug-likeness (QED) is 0.417. The van der Waals surface area contributed by atoms with Crippen LogP contribution in [-0.4, -0.2) is 12.6 Å². The summed E-state index contributed by atoms with van der Waals surface area (Å²) in [5, 5.41) is 0. The minimum atomic E-state index is -0.134. The summed E-state index contributed by atoms with van der Waals surface area (Å²) in [5.74, 6) is 2.76. The first-order valence-corrected chi connectivity index (χ1v) is 3.36. The fourth-order valence-corrected chi connectivity index (χ4v) is 0.870. The zero-order valence-corrected chi connectivity index (χ0v) is 5.96. The molecular weight excluding hydrogens is 128 g/mol. The number of carbonyl (C=O) groups is 1. The zero-order valence-electron chi connectivity index (χ0n) is 5.96. The van der Waals surface area contributed by atoms with E-state index in [9.17, 15) is 4.79 Å². The SMILES string of the molecule is C#CCOC(=O)[C@H]1C[C@@H]1C. The Labute approximate surface area is 60.6 Å². The molecule has 2 heteroatoms. The zero-order chi connectivity index (χ0) is 7.56. The minimum Gasteiger partial charge on any atom is -0.452 e. The van der Waals surface area contributed by atoms with Crippen LogP contribution in [0.25, 0.3) is 0 Å². The molecule has 0 unspecified atom stereocenters. The second-order valence-corrected chi connectivity index (χ2v) is 2.63. The molecule has 0 aromatic heterocycles. The van der Waals surface area contributed by atoms with Crippen LogP contribution in [0.4, 0.5) is 0 Å². The van der Waals surface area contributed by atoms with Crippen LogP contribution < -0.4 is 0 Å². The van der Waals surface area contributed by atoms with E-state index in [0.29, 0.717) is 5.92 Å². The van der Waals surface area contributed by atoms with E-state index in [2.05, 4.69) is 5.92 Å². The Morgan fingerprint density at radius 3 is 2.90 bits per heavy atom. The third-order valence-corrected chi connectivity index (χ3v) is 1.71. The van der Waals surface area contributed by atoms with Crippen LogP contribution in [0, 0.1) is 24.2 Å². The standard InChI is InChI=1S/C8H10O2/c1-3-4-10-8(9)7-5-6(7)2/h1,6-7H,4-5H2,2H3/t6-,7-/m0/s1. The minimum absolute atomic E-state index is 0.113. The van der Waals surface area contributed by atoms with Crippen LogP contribution in [0.2, 0.25) is 0 Å². The maximum Gasteiger partial charge on any atom is 0.310 e. The molecule has 0 saturated heterocycles. The molecule has 0 bridgehead atoms. The van der Waals surface area contributed by atoms with Crippen LogP contribution in [-0.2, 0) is 9.53 Å². The Morgan fingerprint density at radius 1 is 1.90 bits per heavy atom. The lowest BCUT2D eigenvalue weighted by Gasteiger charge is -1.96. The van der Waals surface area contributed by atoms with Crippen molar-refractivity contribution in [3.8, 4) is 12.3 Å². The van der Waals surface area contributed by atoms with Gasteiger partial charge in [0, 0.05) is 0 Å². The Hall–Kier alpha value is -0.970. The first-order chi connectivity index (χ1) is 4.75. The molecule has 1 saturated carbocycles. The van der Waals surface area contributed by atoms with Gasteiger partial charge in [-0.3, -0.25) is 4.79 Å². The molecule has 1 fully saturated rings. The molecule has 0 aromatic carbocycles. The predicted octanol–water partition coefficient (Wildman–Crippen LogP) is 0.819. The van der Waals surface area contributed by atoms with Gasteiger partial charge in [-0.1, -0.05) is 12.8 Å². The monoisotopic (exact) mass is 138 g/mol. The highest BCUT2D eigenvalue weighted by atomic mass is 16.5. The van der Waals surface area contributed by atoms with Gasteiger partial charge >= 0.3 is 5.97 Å². The molecule has 1 aliphatic rings. The van der Waals surface area contributed by atoms with E-state index >= 15 is 0 Å². The van der Waals surface area contributed by atoms with E-state index in [1.807, 2.05) is 6.92 Å². The van der Waals surface area contributed by atoms with Crippen molar-refractivity contribution < 1.29 is 9.53 Å². The fraction of sp³-hybridized carbons (Fsp3) is 0.625. The van der Waals surface area contributed by atoms with E-state index < -0.39 is 0 Å². The Kier molecular flexibility index (Phi) is 1.96. The molecule has 1 aliphatic carbocycles. The van der Waals surface area contributed by atoms with Gasteiger partial charge in [0.15, 0.2) is 6.61 Å². The number of hydrogen-bond acceptors (Lipinski definition) is 2. The fourth-order valence-electron chi connectivity index (χ4n) is 0.870. The first-order valence-electron chi connectivity index (χ1n) is 3.36.